The number of likely N-dealkylation sites (tertiary alicyclic amines) is 1. The minimum absolute atomic E-state index is 0.0327. The standard InChI is InChI=1S/C40H60N4O2S/c1-20-14-13-15-29-30(20)36(41-47-29)43-18-22(3)42(12)28(19-43)25(6)27-17-16-21(2)39(8,9)35(27)26(7)44-37(45)31-32(38(44)46)34-24(5)23(4)33(31)40(34,10)11/h13-15,21-28,31-35H,16-19H2,1-12H3/t21?,22?,23?,24?,25?,26-,27-,28-,31-,32+,33+,34?,35-/m0/s1/i26D. The Morgan fingerprint density at radius 2 is 1.55 bits per heavy atom. The smallest absolute Gasteiger partial charge is 0.233 e. The van der Waals surface area contributed by atoms with E-state index in [1.54, 1.807) is 11.5 Å². The van der Waals surface area contributed by atoms with E-state index < -0.39 is 6.02 Å². The Hall–Kier alpha value is -1.99. The van der Waals surface area contributed by atoms with Gasteiger partial charge in [-0.1, -0.05) is 67.5 Å². The summed E-state index contributed by atoms with van der Waals surface area (Å²) < 4.78 is 16.5. The lowest BCUT2D eigenvalue weighted by molar-refractivity contribution is -0.150. The van der Waals surface area contributed by atoms with Crippen LogP contribution in [0.25, 0.3) is 10.1 Å². The Balaban J connectivity index is 1.23. The van der Waals surface area contributed by atoms with E-state index in [0.717, 1.165) is 31.7 Å². The molecular formula is C40H60N4O2S. The molecule has 3 heterocycles. The van der Waals surface area contributed by atoms with Crippen molar-refractivity contribution < 1.29 is 11.0 Å². The Morgan fingerprint density at radius 3 is 2.17 bits per heavy atom. The fourth-order valence-corrected chi connectivity index (χ4v) is 13.5. The number of likely N-dealkylation sites (N-methyl/N-ethyl adjacent to an activating group) is 1. The molecule has 13 atom stereocenters. The molecule has 1 aromatic heterocycles. The van der Waals surface area contributed by atoms with Gasteiger partial charge in [-0.3, -0.25) is 19.4 Å². The lowest BCUT2D eigenvalue weighted by Crippen LogP contribution is -2.62. The summed E-state index contributed by atoms with van der Waals surface area (Å²) in [6, 6.07) is 5.75. The Labute approximate surface area is 289 Å². The maximum absolute atomic E-state index is 14.7. The van der Waals surface area contributed by atoms with Gasteiger partial charge in [0.2, 0.25) is 11.8 Å². The third-order valence-corrected chi connectivity index (χ3v) is 16.3. The fraction of sp³-hybridized carbons (Fsp3) is 0.775. The molecule has 47 heavy (non-hydrogen) atoms. The zero-order valence-electron chi connectivity index (χ0n) is 32.0. The van der Waals surface area contributed by atoms with E-state index in [1.807, 2.05) is 6.92 Å². The minimum Gasteiger partial charge on any atom is -0.352 e. The van der Waals surface area contributed by atoms with E-state index in [2.05, 4.69) is 104 Å². The highest BCUT2D eigenvalue weighted by Gasteiger charge is 2.73. The highest BCUT2D eigenvalue weighted by atomic mass is 32.1. The van der Waals surface area contributed by atoms with Crippen LogP contribution in [0.3, 0.4) is 0 Å². The normalized spacial score (nSPS) is 42.1. The summed E-state index contributed by atoms with van der Waals surface area (Å²) in [5.74, 6) is 2.36. The summed E-state index contributed by atoms with van der Waals surface area (Å²) in [6.45, 7) is 26.8. The Kier molecular flexibility index (Phi) is 7.72. The van der Waals surface area contributed by atoms with Gasteiger partial charge in [0.15, 0.2) is 5.82 Å². The van der Waals surface area contributed by atoms with Crippen molar-refractivity contribution in [1.29, 1.82) is 0 Å². The molecule has 6 unspecified atom stereocenters. The van der Waals surface area contributed by atoms with Crippen LogP contribution >= 0.6 is 11.5 Å². The van der Waals surface area contributed by atoms with Crippen molar-refractivity contribution in [2.24, 2.45) is 70.0 Å². The molecule has 258 valence electrons. The molecule has 1 aromatic carbocycles. The number of hydrogen-bond acceptors (Lipinski definition) is 6. The van der Waals surface area contributed by atoms with E-state index in [9.17, 15) is 11.0 Å². The van der Waals surface area contributed by atoms with Crippen LogP contribution in [0, 0.1) is 76.9 Å². The maximum atomic E-state index is 14.7. The molecule has 2 saturated heterocycles. The predicted molar refractivity (Wildman–Crippen MR) is 193 cm³/mol. The van der Waals surface area contributed by atoms with Gasteiger partial charge in [-0.25, -0.2) is 0 Å². The zero-order valence-corrected chi connectivity index (χ0v) is 31.8. The first kappa shape index (κ1) is 32.2. The molecule has 5 fully saturated rings. The number of aromatic nitrogens is 1. The summed E-state index contributed by atoms with van der Waals surface area (Å²) in [6.07, 6.45) is 2.11. The summed E-state index contributed by atoms with van der Waals surface area (Å²) in [5, 5.41) is 1.27. The fourth-order valence-electron chi connectivity index (χ4n) is 12.6. The largest absolute Gasteiger partial charge is 0.352 e. The lowest BCUT2D eigenvalue weighted by atomic mass is 9.53. The van der Waals surface area contributed by atoms with Gasteiger partial charge in [0.25, 0.3) is 0 Å². The second kappa shape index (κ2) is 11.3. The quantitative estimate of drug-likeness (QED) is 0.304. The number of carbonyl (C=O) groups excluding carboxylic acids is 2. The highest BCUT2D eigenvalue weighted by Crippen LogP contribution is 2.70. The molecule has 0 radical (unpaired) electrons. The van der Waals surface area contributed by atoms with Crippen LogP contribution in [0.5, 0.6) is 0 Å². The number of carbonyl (C=O) groups is 2. The molecule has 5 aliphatic rings. The summed E-state index contributed by atoms with van der Waals surface area (Å²) in [4.78, 5) is 35.9. The van der Waals surface area contributed by atoms with Crippen LogP contribution in [0.15, 0.2) is 18.2 Å². The molecule has 7 rings (SSSR count). The van der Waals surface area contributed by atoms with Gasteiger partial charge >= 0.3 is 0 Å². The van der Waals surface area contributed by atoms with Gasteiger partial charge in [0.1, 0.15) is 0 Å². The predicted octanol–water partition coefficient (Wildman–Crippen LogP) is 7.99. The van der Waals surface area contributed by atoms with Gasteiger partial charge in [0, 0.05) is 36.6 Å². The third-order valence-electron chi connectivity index (χ3n) is 15.5. The topological polar surface area (TPSA) is 56.8 Å². The van der Waals surface area contributed by atoms with Crippen molar-refractivity contribution in [2.75, 3.05) is 25.0 Å². The van der Waals surface area contributed by atoms with Crippen LogP contribution in [-0.4, -0.2) is 64.2 Å². The summed E-state index contributed by atoms with van der Waals surface area (Å²) in [5.41, 5.74) is 1.02. The van der Waals surface area contributed by atoms with Gasteiger partial charge in [-0.2, -0.15) is 4.37 Å². The average Bonchev–Trinajstić information content (AvgIpc) is 3.66. The molecule has 2 aliphatic heterocycles. The number of anilines is 1. The van der Waals surface area contributed by atoms with E-state index in [0.29, 0.717) is 23.8 Å². The SMILES string of the molecule is [2H][C@](C)([C@H]1[C@H](C(C)[C@@H]2CN(c3nsc4cccc(C)c34)CC(C)N2C)CCC(C)C1(C)C)N1C(=O)[C@@H]2[C@H]3C(C)C(C)C([C@@H]2C1=O)C3(C)C. The number of benzene rings is 1. The molecule has 0 spiro atoms. The van der Waals surface area contributed by atoms with Crippen LogP contribution in [0.1, 0.15) is 89.0 Å². The minimum atomic E-state index is -1.33. The van der Waals surface area contributed by atoms with E-state index in [-0.39, 0.29) is 70.1 Å². The summed E-state index contributed by atoms with van der Waals surface area (Å²) >= 11 is 1.59. The van der Waals surface area contributed by atoms with Crippen molar-refractivity contribution in [3.63, 3.8) is 0 Å². The monoisotopic (exact) mass is 661 g/mol. The van der Waals surface area contributed by atoms with Crippen LogP contribution in [-0.2, 0) is 9.59 Å². The van der Waals surface area contributed by atoms with Crippen molar-refractivity contribution >= 4 is 39.3 Å². The van der Waals surface area contributed by atoms with Crippen LogP contribution in [0.2, 0.25) is 0 Å². The van der Waals surface area contributed by atoms with Crippen molar-refractivity contribution in [3.05, 3.63) is 23.8 Å². The average molecular weight is 662 g/mol. The summed E-state index contributed by atoms with van der Waals surface area (Å²) in [7, 11) is 2.27. The molecule has 0 N–H and O–H groups in total. The number of hydrogen-bond donors (Lipinski definition) is 0. The molecular weight excluding hydrogens is 601 g/mol. The Morgan fingerprint density at radius 1 is 0.936 bits per heavy atom. The second-order valence-corrected chi connectivity index (χ2v) is 18.8. The van der Waals surface area contributed by atoms with E-state index >= 15 is 0 Å². The molecule has 6 nitrogen and oxygen atoms in total. The van der Waals surface area contributed by atoms with Crippen molar-refractivity contribution in [1.82, 2.24) is 14.2 Å². The third kappa shape index (κ3) is 4.60. The zero-order chi connectivity index (χ0) is 35.0. The van der Waals surface area contributed by atoms with Gasteiger partial charge < -0.3 is 4.90 Å². The molecule has 2 bridgehead atoms. The number of fused-ring (bicyclic) bond motifs is 6. The van der Waals surface area contributed by atoms with E-state index in [4.69, 9.17) is 4.37 Å². The number of rotatable bonds is 5. The number of imide groups is 1. The van der Waals surface area contributed by atoms with Crippen LogP contribution in [0.4, 0.5) is 5.82 Å². The molecule has 2 amide bonds. The number of amides is 2. The van der Waals surface area contributed by atoms with E-state index in [1.165, 1.54) is 20.5 Å². The molecule has 3 saturated carbocycles. The van der Waals surface area contributed by atoms with Gasteiger partial charge in [0.05, 0.1) is 17.9 Å². The maximum Gasteiger partial charge on any atom is 0.233 e. The molecule has 2 aromatic rings. The van der Waals surface area contributed by atoms with Crippen molar-refractivity contribution in [2.45, 2.75) is 107 Å². The first-order valence-corrected chi connectivity index (χ1v) is 19.3. The first-order valence-electron chi connectivity index (χ1n) is 19.0. The Bertz CT molecular complexity index is 1580. The van der Waals surface area contributed by atoms with Gasteiger partial charge in [-0.05, 0) is 122 Å². The van der Waals surface area contributed by atoms with Gasteiger partial charge in [-0.15, -0.1) is 0 Å². The number of piperazine rings is 1. The first-order chi connectivity index (χ1) is 22.3. The molecule has 3 aliphatic carbocycles. The van der Waals surface area contributed by atoms with Crippen molar-refractivity contribution in [3.8, 4) is 0 Å². The lowest BCUT2D eigenvalue weighted by Gasteiger charge is -2.56. The molecule has 7 heteroatoms. The highest BCUT2D eigenvalue weighted by molar-refractivity contribution is 7.13. The van der Waals surface area contributed by atoms with Crippen LogP contribution < -0.4 is 4.90 Å². The number of nitrogens with zero attached hydrogens (tertiary/aromatic N) is 4. The number of aryl methyl sites for hydroxylation is 1. The second-order valence-electron chi connectivity index (χ2n) is 18.0.